The van der Waals surface area contributed by atoms with Crippen molar-refractivity contribution in [1.29, 1.82) is 0 Å². The average Bonchev–Trinajstić information content (AvgIpc) is 2.78. The van der Waals surface area contributed by atoms with Crippen molar-refractivity contribution >= 4 is 22.7 Å². The Balaban J connectivity index is 1.47. The number of rotatable bonds is 10. The van der Waals surface area contributed by atoms with Crippen LogP contribution in [0.1, 0.15) is 36.5 Å². The molecule has 0 aliphatic rings. The highest BCUT2D eigenvalue weighted by atomic mass is 16.5. The van der Waals surface area contributed by atoms with Crippen molar-refractivity contribution < 1.29 is 23.8 Å². The molecule has 3 aromatic carbocycles. The fourth-order valence-electron chi connectivity index (χ4n) is 2.95. The molecule has 0 unspecified atom stereocenters. The summed E-state index contributed by atoms with van der Waals surface area (Å²) in [6, 6.07) is 20.2. The standard InChI is InChI=1S/C26H26O5/c1-19(2)25(27)30-16-8-4-7-15-29-24-14-13-20-17-22(12-11-21(20)18-24)26(28)31-23-9-5-3-6-10-23/h3,5-6,9-14,17-18H,1,4,7-8,15-16H2,2H3. The van der Waals surface area contributed by atoms with Crippen molar-refractivity contribution in [1.82, 2.24) is 0 Å². The first-order valence-corrected chi connectivity index (χ1v) is 10.3. The van der Waals surface area contributed by atoms with Crippen molar-refractivity contribution in [2.24, 2.45) is 0 Å². The van der Waals surface area contributed by atoms with E-state index in [1.165, 1.54) is 0 Å². The van der Waals surface area contributed by atoms with Crippen LogP contribution in [0.15, 0.2) is 78.9 Å². The van der Waals surface area contributed by atoms with Gasteiger partial charge in [0.25, 0.3) is 0 Å². The Kier molecular flexibility index (Phi) is 7.82. The van der Waals surface area contributed by atoms with E-state index in [-0.39, 0.29) is 11.9 Å². The van der Waals surface area contributed by atoms with E-state index in [2.05, 4.69) is 6.58 Å². The summed E-state index contributed by atoms with van der Waals surface area (Å²) in [5, 5.41) is 1.93. The van der Waals surface area contributed by atoms with Gasteiger partial charge >= 0.3 is 11.9 Å². The molecule has 3 rings (SSSR count). The zero-order valence-electron chi connectivity index (χ0n) is 17.6. The zero-order chi connectivity index (χ0) is 22.1. The number of benzene rings is 3. The third-order valence-corrected chi connectivity index (χ3v) is 4.64. The second-order valence-electron chi connectivity index (χ2n) is 7.25. The van der Waals surface area contributed by atoms with Crippen LogP contribution in [0.2, 0.25) is 0 Å². The first-order valence-electron chi connectivity index (χ1n) is 10.3. The molecule has 160 valence electrons. The van der Waals surface area contributed by atoms with E-state index in [9.17, 15) is 9.59 Å². The molecule has 0 spiro atoms. The Morgan fingerprint density at radius 2 is 1.52 bits per heavy atom. The van der Waals surface area contributed by atoms with Crippen LogP contribution in [0.5, 0.6) is 11.5 Å². The Labute approximate surface area is 182 Å². The largest absolute Gasteiger partial charge is 0.494 e. The van der Waals surface area contributed by atoms with Gasteiger partial charge in [-0.3, -0.25) is 0 Å². The minimum absolute atomic E-state index is 0.344. The molecule has 0 aromatic heterocycles. The van der Waals surface area contributed by atoms with E-state index in [4.69, 9.17) is 14.2 Å². The van der Waals surface area contributed by atoms with Gasteiger partial charge in [0, 0.05) is 5.57 Å². The van der Waals surface area contributed by atoms with Crippen molar-refractivity contribution in [3.05, 3.63) is 84.4 Å². The van der Waals surface area contributed by atoms with Gasteiger partial charge in [0.2, 0.25) is 0 Å². The lowest BCUT2D eigenvalue weighted by Crippen LogP contribution is -2.08. The molecule has 0 aliphatic carbocycles. The number of para-hydroxylation sites is 1. The lowest BCUT2D eigenvalue weighted by atomic mass is 10.1. The molecule has 5 nitrogen and oxygen atoms in total. The highest BCUT2D eigenvalue weighted by Gasteiger charge is 2.10. The van der Waals surface area contributed by atoms with Gasteiger partial charge in [0.15, 0.2) is 0 Å². The molecule has 0 bridgehead atoms. The van der Waals surface area contributed by atoms with Crippen LogP contribution in [0, 0.1) is 0 Å². The SMILES string of the molecule is C=C(C)C(=O)OCCCCCOc1ccc2cc(C(=O)Oc3ccccc3)ccc2c1. The second kappa shape index (κ2) is 11.0. The maximum atomic E-state index is 12.4. The number of ether oxygens (including phenoxy) is 3. The van der Waals surface area contributed by atoms with Crippen molar-refractivity contribution in [2.45, 2.75) is 26.2 Å². The summed E-state index contributed by atoms with van der Waals surface area (Å²) in [5.74, 6) is 0.567. The van der Waals surface area contributed by atoms with Crippen LogP contribution in [-0.4, -0.2) is 25.2 Å². The topological polar surface area (TPSA) is 61.8 Å². The minimum Gasteiger partial charge on any atom is -0.494 e. The Morgan fingerprint density at radius 3 is 2.29 bits per heavy atom. The number of hydrogen-bond donors (Lipinski definition) is 0. The van der Waals surface area contributed by atoms with Crippen molar-refractivity contribution in [3.63, 3.8) is 0 Å². The van der Waals surface area contributed by atoms with Crippen molar-refractivity contribution in [3.8, 4) is 11.5 Å². The van der Waals surface area contributed by atoms with Gasteiger partial charge in [0.1, 0.15) is 11.5 Å². The maximum absolute atomic E-state index is 12.4. The summed E-state index contributed by atoms with van der Waals surface area (Å²) in [5.41, 5.74) is 0.914. The molecule has 0 saturated heterocycles. The summed E-state index contributed by atoms with van der Waals surface area (Å²) in [4.78, 5) is 23.7. The van der Waals surface area contributed by atoms with Gasteiger partial charge in [0.05, 0.1) is 18.8 Å². The van der Waals surface area contributed by atoms with Gasteiger partial charge in [-0.25, -0.2) is 9.59 Å². The van der Waals surface area contributed by atoms with E-state index >= 15 is 0 Å². The van der Waals surface area contributed by atoms with E-state index in [1.54, 1.807) is 25.1 Å². The fourth-order valence-corrected chi connectivity index (χ4v) is 2.95. The second-order valence-corrected chi connectivity index (χ2v) is 7.25. The van der Waals surface area contributed by atoms with E-state index in [0.717, 1.165) is 35.8 Å². The number of hydrogen-bond acceptors (Lipinski definition) is 5. The lowest BCUT2D eigenvalue weighted by molar-refractivity contribution is -0.139. The van der Waals surface area contributed by atoms with Crippen LogP contribution in [0.4, 0.5) is 0 Å². The first-order chi connectivity index (χ1) is 15.0. The zero-order valence-corrected chi connectivity index (χ0v) is 17.6. The maximum Gasteiger partial charge on any atom is 0.343 e. The first kappa shape index (κ1) is 22.1. The third kappa shape index (κ3) is 6.71. The van der Waals surface area contributed by atoms with Crippen molar-refractivity contribution in [2.75, 3.05) is 13.2 Å². The van der Waals surface area contributed by atoms with Gasteiger partial charge < -0.3 is 14.2 Å². The van der Waals surface area contributed by atoms with Gasteiger partial charge in [-0.05, 0) is 73.4 Å². The monoisotopic (exact) mass is 418 g/mol. The summed E-state index contributed by atoms with van der Waals surface area (Å²) >= 11 is 0. The highest BCUT2D eigenvalue weighted by molar-refractivity contribution is 5.96. The summed E-state index contributed by atoms with van der Waals surface area (Å²) in [7, 11) is 0. The molecular formula is C26H26O5. The van der Waals surface area contributed by atoms with Crippen LogP contribution >= 0.6 is 0 Å². The molecule has 31 heavy (non-hydrogen) atoms. The summed E-state index contributed by atoms with van der Waals surface area (Å²) < 4.78 is 16.3. The van der Waals surface area contributed by atoms with Gasteiger partial charge in [-0.15, -0.1) is 0 Å². The number of carbonyl (C=O) groups is 2. The highest BCUT2D eigenvalue weighted by Crippen LogP contribution is 2.23. The quantitative estimate of drug-likeness (QED) is 0.182. The average molecular weight is 418 g/mol. The van der Waals surface area contributed by atoms with Crippen LogP contribution in [0.3, 0.4) is 0 Å². The van der Waals surface area contributed by atoms with E-state index in [0.29, 0.717) is 30.1 Å². The Morgan fingerprint density at radius 1 is 0.806 bits per heavy atom. The normalized spacial score (nSPS) is 10.5. The fraction of sp³-hybridized carbons (Fsp3) is 0.231. The predicted octanol–water partition coefficient (Wildman–Crippen LogP) is 5.73. The molecule has 0 fully saturated rings. The molecule has 0 N–H and O–H groups in total. The van der Waals surface area contributed by atoms with E-state index in [1.807, 2.05) is 48.5 Å². The minimum atomic E-state index is -0.387. The number of fused-ring (bicyclic) bond motifs is 1. The van der Waals surface area contributed by atoms with Crippen LogP contribution < -0.4 is 9.47 Å². The van der Waals surface area contributed by atoms with E-state index < -0.39 is 0 Å². The lowest BCUT2D eigenvalue weighted by Gasteiger charge is -2.09. The predicted molar refractivity (Wildman–Crippen MR) is 120 cm³/mol. The third-order valence-electron chi connectivity index (χ3n) is 4.64. The smallest absolute Gasteiger partial charge is 0.343 e. The summed E-state index contributed by atoms with van der Waals surface area (Å²) in [6.07, 6.45) is 2.57. The molecule has 3 aromatic rings. The number of esters is 2. The Hall–Kier alpha value is -3.60. The molecule has 0 amide bonds. The molecule has 0 atom stereocenters. The van der Waals surface area contributed by atoms with Crippen LogP contribution in [0.25, 0.3) is 10.8 Å². The molecule has 0 aliphatic heterocycles. The Bertz CT molecular complexity index is 1060. The molecule has 0 radical (unpaired) electrons. The number of unbranched alkanes of at least 4 members (excludes halogenated alkanes) is 2. The number of carbonyl (C=O) groups excluding carboxylic acids is 2. The van der Waals surface area contributed by atoms with Gasteiger partial charge in [-0.1, -0.05) is 36.9 Å². The molecular weight excluding hydrogens is 392 g/mol. The van der Waals surface area contributed by atoms with Gasteiger partial charge in [-0.2, -0.15) is 0 Å². The molecule has 5 heteroatoms. The van der Waals surface area contributed by atoms with Crippen LogP contribution in [-0.2, 0) is 9.53 Å². The summed E-state index contributed by atoms with van der Waals surface area (Å²) in [6.45, 7) is 6.17. The molecule has 0 saturated carbocycles. The molecule has 0 heterocycles.